The van der Waals surface area contributed by atoms with Gasteiger partial charge in [0.25, 0.3) is 11.5 Å². The number of rotatable bonds is 14. The van der Waals surface area contributed by atoms with E-state index in [1.165, 1.54) is 39.8 Å². The second kappa shape index (κ2) is 15.5. The Bertz CT molecular complexity index is 1200. The van der Waals surface area contributed by atoms with Crippen molar-refractivity contribution in [2.24, 2.45) is 5.92 Å². The molecule has 1 atom stereocenters. The van der Waals surface area contributed by atoms with Gasteiger partial charge < -0.3 is 25.3 Å². The Morgan fingerprint density at radius 2 is 1.97 bits per heavy atom. The van der Waals surface area contributed by atoms with Crippen molar-refractivity contribution in [3.05, 3.63) is 56.9 Å². The van der Waals surface area contributed by atoms with Crippen molar-refractivity contribution in [1.82, 2.24) is 20.2 Å². The largest absolute Gasteiger partial charge is 0.463 e. The topological polar surface area (TPSA) is 148 Å². The quantitative estimate of drug-likeness (QED) is 0.244. The van der Waals surface area contributed by atoms with E-state index in [2.05, 4.69) is 20.9 Å². The number of anilines is 1. The third-order valence-corrected chi connectivity index (χ3v) is 6.14. The normalized spacial score (nSPS) is 11.8. The lowest BCUT2D eigenvalue weighted by Crippen LogP contribution is -2.45. The zero-order valence-corrected chi connectivity index (χ0v) is 22.9. The summed E-state index contributed by atoms with van der Waals surface area (Å²) in [6.45, 7) is 8.09. The lowest BCUT2D eigenvalue weighted by molar-refractivity contribution is -0.137. The Kier molecular flexibility index (Phi) is 12.4. The highest BCUT2D eigenvalue weighted by molar-refractivity contribution is 7.09. The Balaban J connectivity index is 2.12. The van der Waals surface area contributed by atoms with Crippen LogP contribution in [0.25, 0.3) is 0 Å². The molecule has 0 fully saturated rings. The van der Waals surface area contributed by atoms with Crippen LogP contribution >= 0.6 is 11.3 Å². The summed E-state index contributed by atoms with van der Waals surface area (Å²) in [5, 5.41) is 8.00. The zero-order valence-electron chi connectivity index (χ0n) is 22.1. The average Bonchev–Trinajstić information content (AvgIpc) is 3.29. The highest BCUT2D eigenvalue weighted by Gasteiger charge is 2.24. The summed E-state index contributed by atoms with van der Waals surface area (Å²) in [4.78, 5) is 67.3. The van der Waals surface area contributed by atoms with Crippen LogP contribution in [0.5, 0.6) is 0 Å². The molecule has 2 aromatic heterocycles. The van der Waals surface area contributed by atoms with E-state index in [-0.39, 0.29) is 43.3 Å². The van der Waals surface area contributed by atoms with E-state index in [0.717, 1.165) is 6.42 Å². The molecule has 206 valence electrons. The first-order chi connectivity index (χ1) is 18.1. The van der Waals surface area contributed by atoms with Crippen LogP contribution < -0.4 is 21.5 Å². The van der Waals surface area contributed by atoms with Gasteiger partial charge >= 0.3 is 5.97 Å². The zero-order chi connectivity index (χ0) is 28.1. The van der Waals surface area contributed by atoms with Crippen molar-refractivity contribution in [2.75, 3.05) is 18.5 Å². The van der Waals surface area contributed by atoms with Gasteiger partial charge in [-0.05, 0) is 51.2 Å². The number of nitrogens with one attached hydrogen (secondary N) is 3. The summed E-state index contributed by atoms with van der Waals surface area (Å²) < 4.78 is 6.04. The molecule has 0 saturated heterocycles. The third-order valence-electron chi connectivity index (χ3n) is 5.38. The number of hydrogen-bond acceptors (Lipinski definition) is 8. The summed E-state index contributed by atoms with van der Waals surface area (Å²) in [6.07, 6.45) is 5.52. The van der Waals surface area contributed by atoms with Crippen molar-refractivity contribution in [3.8, 4) is 0 Å². The number of thiazole rings is 1. The van der Waals surface area contributed by atoms with Gasteiger partial charge in [-0.2, -0.15) is 0 Å². The van der Waals surface area contributed by atoms with Crippen molar-refractivity contribution in [1.29, 1.82) is 0 Å². The molecule has 0 saturated carbocycles. The van der Waals surface area contributed by atoms with E-state index in [0.29, 0.717) is 17.3 Å². The molecule has 2 heterocycles. The van der Waals surface area contributed by atoms with Crippen molar-refractivity contribution >= 4 is 40.7 Å². The first-order valence-corrected chi connectivity index (χ1v) is 13.3. The monoisotopic (exact) mass is 545 g/mol. The van der Waals surface area contributed by atoms with E-state index in [1.54, 1.807) is 26.0 Å². The Hall–Kier alpha value is -3.80. The Labute approximate surface area is 225 Å². The van der Waals surface area contributed by atoms with Crippen molar-refractivity contribution in [3.63, 3.8) is 0 Å². The van der Waals surface area contributed by atoms with Gasteiger partial charge in [0, 0.05) is 23.7 Å². The molecule has 2 aromatic rings. The number of aryl methyl sites for hydroxylation is 1. The molecule has 0 bridgehead atoms. The molecule has 0 aliphatic carbocycles. The van der Waals surface area contributed by atoms with Crippen LogP contribution in [0.2, 0.25) is 0 Å². The molecule has 0 spiro atoms. The molecule has 11 nitrogen and oxygen atoms in total. The first-order valence-electron chi connectivity index (χ1n) is 12.4. The van der Waals surface area contributed by atoms with Crippen molar-refractivity contribution in [2.45, 2.75) is 59.5 Å². The fourth-order valence-electron chi connectivity index (χ4n) is 3.34. The molecule has 12 heteroatoms. The van der Waals surface area contributed by atoms with Crippen LogP contribution in [0.15, 0.2) is 40.8 Å². The third kappa shape index (κ3) is 9.92. The van der Waals surface area contributed by atoms with Crippen LogP contribution in [0.1, 0.15) is 55.4 Å². The Morgan fingerprint density at radius 3 is 2.63 bits per heavy atom. The minimum absolute atomic E-state index is 0.0290. The van der Waals surface area contributed by atoms with E-state index in [4.69, 9.17) is 4.74 Å². The van der Waals surface area contributed by atoms with Gasteiger partial charge in [-0.15, -0.1) is 11.3 Å². The average molecular weight is 546 g/mol. The number of carbonyl (C=O) groups is 4. The molecular weight excluding hydrogens is 510 g/mol. The molecule has 0 aliphatic heterocycles. The van der Waals surface area contributed by atoms with Gasteiger partial charge in [0.1, 0.15) is 24.0 Å². The predicted octanol–water partition coefficient (Wildman–Crippen LogP) is 2.41. The summed E-state index contributed by atoms with van der Waals surface area (Å²) in [6, 6.07) is 1.95. The molecular formula is C26H35N5O6S. The summed E-state index contributed by atoms with van der Waals surface area (Å²) in [7, 11) is 0. The number of pyridine rings is 1. The number of hydrogen-bond donors (Lipinski definition) is 3. The molecule has 0 radical (unpaired) electrons. The van der Waals surface area contributed by atoms with Crippen LogP contribution in [0.3, 0.4) is 0 Å². The smallest absolute Gasteiger partial charge is 0.330 e. The molecule has 2 rings (SSSR count). The van der Waals surface area contributed by atoms with Gasteiger partial charge in [0.2, 0.25) is 11.8 Å². The van der Waals surface area contributed by atoms with Crippen LogP contribution in [0, 0.1) is 12.8 Å². The molecule has 3 N–H and O–H groups in total. The molecule has 0 aromatic carbocycles. The van der Waals surface area contributed by atoms with E-state index in [9.17, 15) is 24.0 Å². The second-order valence-electron chi connectivity index (χ2n) is 8.89. The van der Waals surface area contributed by atoms with Crippen LogP contribution in [0.4, 0.5) is 5.69 Å². The minimum atomic E-state index is -1.03. The number of carbonyl (C=O) groups excluding carboxylic acids is 4. The van der Waals surface area contributed by atoms with Crippen LogP contribution in [-0.2, 0) is 25.7 Å². The molecule has 0 aliphatic rings. The SMILES string of the molecule is CCOC(=O)/C=C/CC[C@H](NC(=O)c1ncsc1C)C(=O)Nc1cccn(CC(=O)NCCC(C)C)c1=O. The van der Waals surface area contributed by atoms with Gasteiger partial charge in [-0.1, -0.05) is 19.9 Å². The maximum absolute atomic E-state index is 13.1. The Morgan fingerprint density at radius 1 is 1.21 bits per heavy atom. The number of esters is 1. The standard InChI is InChI=1S/C26H35N5O6S/c1-5-37-22(33)11-7-6-9-19(29-25(35)23-18(4)38-16-28-23)24(34)30-20-10-8-14-31(26(20)36)15-21(32)27-13-12-17(2)3/h7-8,10-11,14,16-17,19H,5-6,9,12-13,15H2,1-4H3,(H,27,32)(H,29,35)(H,30,34)/b11-7+/t19-/m0/s1. The number of nitrogens with zero attached hydrogens (tertiary/aromatic N) is 2. The maximum Gasteiger partial charge on any atom is 0.330 e. The number of allylic oxidation sites excluding steroid dienone is 1. The number of aromatic nitrogens is 2. The molecule has 38 heavy (non-hydrogen) atoms. The second-order valence-corrected chi connectivity index (χ2v) is 9.95. The summed E-state index contributed by atoms with van der Waals surface area (Å²) >= 11 is 1.30. The lowest BCUT2D eigenvalue weighted by Gasteiger charge is -2.18. The number of amides is 3. The highest BCUT2D eigenvalue weighted by Crippen LogP contribution is 2.12. The summed E-state index contributed by atoms with van der Waals surface area (Å²) in [5.41, 5.74) is 1.16. The number of ether oxygens (including phenoxy) is 1. The lowest BCUT2D eigenvalue weighted by atomic mass is 10.1. The first kappa shape index (κ1) is 30.4. The van der Waals surface area contributed by atoms with E-state index < -0.39 is 29.4 Å². The fraction of sp³-hybridized carbons (Fsp3) is 0.462. The van der Waals surface area contributed by atoms with Gasteiger partial charge in [0.15, 0.2) is 0 Å². The summed E-state index contributed by atoms with van der Waals surface area (Å²) in [5.74, 6) is -1.53. The van der Waals surface area contributed by atoms with Crippen molar-refractivity contribution < 1.29 is 23.9 Å². The van der Waals surface area contributed by atoms with E-state index >= 15 is 0 Å². The molecule has 3 amide bonds. The minimum Gasteiger partial charge on any atom is -0.463 e. The van der Waals surface area contributed by atoms with Gasteiger partial charge in [0.05, 0.1) is 12.1 Å². The highest BCUT2D eigenvalue weighted by atomic mass is 32.1. The van der Waals surface area contributed by atoms with E-state index in [1.807, 2.05) is 13.8 Å². The molecule has 0 unspecified atom stereocenters. The van der Waals surface area contributed by atoms with Gasteiger partial charge in [-0.3, -0.25) is 19.2 Å². The predicted molar refractivity (Wildman–Crippen MR) is 145 cm³/mol. The van der Waals surface area contributed by atoms with Crippen LogP contribution in [-0.4, -0.2) is 52.4 Å². The maximum atomic E-state index is 13.1. The van der Waals surface area contributed by atoms with Gasteiger partial charge in [-0.25, -0.2) is 9.78 Å². The fourth-order valence-corrected chi connectivity index (χ4v) is 3.91.